The van der Waals surface area contributed by atoms with Gasteiger partial charge in [-0.25, -0.2) is 0 Å². The van der Waals surface area contributed by atoms with Crippen LogP contribution in [0.15, 0.2) is 72.1 Å². The number of quaternary nitrogens is 1. The number of nitrogens with zero attached hydrogens (tertiary/aromatic N) is 1. The third-order valence-corrected chi connectivity index (χ3v) is 5.12. The van der Waals surface area contributed by atoms with Gasteiger partial charge >= 0.3 is 0 Å². The average molecular weight is 362 g/mol. The van der Waals surface area contributed by atoms with Crippen molar-refractivity contribution < 1.29 is 10.1 Å². The second-order valence-electron chi connectivity index (χ2n) is 6.07. The highest BCUT2D eigenvalue weighted by Gasteiger charge is 2.25. The Bertz CT molecular complexity index is 901. The molecule has 4 nitrogen and oxygen atoms in total. The number of nitrogens with two attached hydrogens (primary N) is 1. The molecule has 26 heavy (non-hydrogen) atoms. The van der Waals surface area contributed by atoms with Gasteiger partial charge in [-0.3, -0.25) is 4.79 Å². The number of thiophene rings is 1. The zero-order valence-corrected chi connectivity index (χ0v) is 15.2. The number of rotatable bonds is 6. The molecule has 1 heterocycles. The number of carbonyl (C=O) groups excluding carboxylic acids is 1. The number of amides is 1. The van der Waals surface area contributed by atoms with Crippen molar-refractivity contribution in [2.24, 2.45) is 0 Å². The lowest BCUT2D eigenvalue weighted by Gasteiger charge is -2.19. The maximum Gasteiger partial charge on any atom is 0.282 e. The summed E-state index contributed by atoms with van der Waals surface area (Å²) in [6, 6.07) is 23.1. The molecule has 3 rings (SSSR count). The van der Waals surface area contributed by atoms with E-state index in [0.29, 0.717) is 11.3 Å². The highest BCUT2D eigenvalue weighted by Crippen LogP contribution is 2.22. The first-order chi connectivity index (χ1) is 12.7. The van der Waals surface area contributed by atoms with E-state index in [9.17, 15) is 4.79 Å². The van der Waals surface area contributed by atoms with Crippen LogP contribution in [0.5, 0.6) is 0 Å². The first-order valence-electron chi connectivity index (χ1n) is 8.41. The number of hydrogen-bond donors (Lipinski definition) is 2. The van der Waals surface area contributed by atoms with E-state index in [0.717, 1.165) is 0 Å². The van der Waals surface area contributed by atoms with E-state index in [-0.39, 0.29) is 18.0 Å². The minimum Gasteiger partial charge on any atom is -0.326 e. The van der Waals surface area contributed by atoms with Crippen molar-refractivity contribution >= 4 is 22.9 Å². The van der Waals surface area contributed by atoms with E-state index < -0.39 is 0 Å². The molecule has 2 aromatic carbocycles. The van der Waals surface area contributed by atoms with Crippen molar-refractivity contribution in [1.29, 1.82) is 5.26 Å². The Hall–Kier alpha value is -2.94. The van der Waals surface area contributed by atoms with Gasteiger partial charge in [0.2, 0.25) is 0 Å². The van der Waals surface area contributed by atoms with E-state index in [1.165, 1.54) is 10.4 Å². The second-order valence-corrected chi connectivity index (χ2v) is 7.05. The maximum absolute atomic E-state index is 12.6. The van der Waals surface area contributed by atoms with Gasteiger partial charge in [-0.15, -0.1) is 11.3 Å². The van der Waals surface area contributed by atoms with Crippen LogP contribution in [0.25, 0.3) is 0 Å². The molecule has 1 amide bonds. The fourth-order valence-corrected chi connectivity index (χ4v) is 3.63. The van der Waals surface area contributed by atoms with Crippen molar-refractivity contribution in [3.63, 3.8) is 0 Å². The Balaban J connectivity index is 1.74. The number of anilines is 1. The molecule has 0 aliphatic heterocycles. The summed E-state index contributed by atoms with van der Waals surface area (Å²) in [6.07, 6.45) is 0. The molecule has 0 aliphatic carbocycles. The second kappa shape index (κ2) is 8.43. The molecule has 0 bridgehead atoms. The zero-order valence-electron chi connectivity index (χ0n) is 14.4. The van der Waals surface area contributed by atoms with Gasteiger partial charge in [0, 0.05) is 11.3 Å². The van der Waals surface area contributed by atoms with Crippen LogP contribution >= 0.6 is 11.3 Å². The van der Waals surface area contributed by atoms with Crippen molar-refractivity contribution in [1.82, 2.24) is 0 Å². The Kier molecular flexibility index (Phi) is 5.80. The lowest BCUT2D eigenvalue weighted by Crippen LogP contribution is -2.92. The van der Waals surface area contributed by atoms with Gasteiger partial charge in [0.1, 0.15) is 6.04 Å². The molecule has 0 saturated heterocycles. The van der Waals surface area contributed by atoms with Crippen molar-refractivity contribution in [2.45, 2.75) is 19.0 Å². The van der Waals surface area contributed by atoms with E-state index >= 15 is 0 Å². The van der Waals surface area contributed by atoms with Crippen molar-refractivity contribution in [3.05, 3.63) is 88.1 Å². The SMILES string of the molecule is C[C@H]([NH2+][C@H](c1ccccc1)c1cccs1)C(=O)Nc1cccc(C#N)c1. The van der Waals surface area contributed by atoms with Crippen LogP contribution in [0.1, 0.15) is 29.0 Å². The molecular weight excluding hydrogens is 342 g/mol. The van der Waals surface area contributed by atoms with Gasteiger partial charge in [-0.2, -0.15) is 5.26 Å². The topological polar surface area (TPSA) is 69.5 Å². The molecule has 2 atom stereocenters. The third-order valence-electron chi connectivity index (χ3n) is 4.16. The molecule has 0 saturated carbocycles. The molecule has 3 N–H and O–H groups in total. The smallest absolute Gasteiger partial charge is 0.282 e. The number of hydrogen-bond acceptors (Lipinski definition) is 3. The lowest BCUT2D eigenvalue weighted by molar-refractivity contribution is -0.703. The van der Waals surface area contributed by atoms with Crippen molar-refractivity contribution in [3.8, 4) is 6.07 Å². The monoisotopic (exact) mass is 362 g/mol. The minimum absolute atomic E-state index is 0.0717. The molecule has 0 radical (unpaired) electrons. The van der Waals surface area contributed by atoms with Gasteiger partial charge < -0.3 is 10.6 Å². The summed E-state index contributed by atoms with van der Waals surface area (Å²) in [6.45, 7) is 1.90. The summed E-state index contributed by atoms with van der Waals surface area (Å²) in [5.74, 6) is -0.0856. The van der Waals surface area contributed by atoms with Crippen LogP contribution in [0.4, 0.5) is 5.69 Å². The minimum atomic E-state index is -0.284. The molecule has 130 valence electrons. The van der Waals surface area contributed by atoms with E-state index in [1.807, 2.05) is 31.2 Å². The summed E-state index contributed by atoms with van der Waals surface area (Å²) < 4.78 is 0. The Morgan fingerprint density at radius 2 is 1.92 bits per heavy atom. The fourth-order valence-electron chi connectivity index (χ4n) is 2.80. The van der Waals surface area contributed by atoms with E-state index in [4.69, 9.17) is 5.26 Å². The molecule has 1 aromatic heterocycles. The number of nitriles is 1. The van der Waals surface area contributed by atoms with Crippen LogP contribution in [-0.4, -0.2) is 11.9 Å². The first kappa shape index (κ1) is 17.9. The van der Waals surface area contributed by atoms with Crippen molar-refractivity contribution in [2.75, 3.05) is 5.32 Å². The molecule has 0 spiro atoms. The Labute approximate surface area is 157 Å². The third kappa shape index (κ3) is 4.37. The van der Waals surface area contributed by atoms with Crippen LogP contribution in [0.2, 0.25) is 0 Å². The van der Waals surface area contributed by atoms with Crippen LogP contribution < -0.4 is 10.6 Å². The molecule has 5 heteroatoms. The maximum atomic E-state index is 12.6. The number of nitrogens with one attached hydrogen (secondary N) is 1. The Morgan fingerprint density at radius 1 is 1.12 bits per heavy atom. The Morgan fingerprint density at radius 3 is 2.62 bits per heavy atom. The van der Waals surface area contributed by atoms with Gasteiger partial charge in [0.05, 0.1) is 16.5 Å². The summed E-state index contributed by atoms with van der Waals surface area (Å²) in [5.41, 5.74) is 2.34. The standard InChI is InChI=1S/C21H19N3OS/c1-15(21(25)24-18-10-5-7-16(13-18)14-22)23-20(19-11-6-12-26-19)17-8-3-2-4-9-17/h2-13,15,20,23H,1H3,(H,24,25)/p+1/t15-,20+/m0/s1. The van der Waals surface area contributed by atoms with Gasteiger partial charge in [-0.05, 0) is 36.6 Å². The summed E-state index contributed by atoms with van der Waals surface area (Å²) in [5, 5.41) is 16.0. The molecule has 0 fully saturated rings. The van der Waals surface area contributed by atoms with Gasteiger partial charge in [0.15, 0.2) is 6.04 Å². The predicted octanol–water partition coefficient (Wildman–Crippen LogP) is 3.30. The van der Waals surface area contributed by atoms with Gasteiger partial charge in [-0.1, -0.05) is 42.5 Å². The highest BCUT2D eigenvalue weighted by atomic mass is 32.1. The lowest BCUT2D eigenvalue weighted by atomic mass is 10.0. The molecule has 0 aliphatic rings. The molecule has 0 unspecified atom stereocenters. The van der Waals surface area contributed by atoms with E-state index in [1.54, 1.807) is 35.6 Å². The van der Waals surface area contributed by atoms with Gasteiger partial charge in [0.25, 0.3) is 5.91 Å². The summed E-state index contributed by atoms with van der Waals surface area (Å²) in [4.78, 5) is 13.8. The fraction of sp³-hybridized carbons (Fsp3) is 0.143. The van der Waals surface area contributed by atoms with E-state index in [2.05, 4.69) is 40.3 Å². The highest BCUT2D eigenvalue weighted by molar-refractivity contribution is 7.10. The number of carbonyl (C=O) groups is 1. The zero-order chi connectivity index (χ0) is 18.4. The largest absolute Gasteiger partial charge is 0.326 e. The predicted molar refractivity (Wildman–Crippen MR) is 104 cm³/mol. The van der Waals surface area contributed by atoms with Crippen LogP contribution in [0, 0.1) is 11.3 Å². The number of benzene rings is 2. The first-order valence-corrected chi connectivity index (χ1v) is 9.29. The average Bonchev–Trinajstić information content (AvgIpc) is 3.21. The summed E-state index contributed by atoms with van der Waals surface area (Å²) >= 11 is 1.69. The molecule has 3 aromatic rings. The molecular formula is C21H20N3OS+. The van der Waals surface area contributed by atoms with Crippen LogP contribution in [0.3, 0.4) is 0 Å². The summed E-state index contributed by atoms with van der Waals surface area (Å²) in [7, 11) is 0. The van der Waals surface area contributed by atoms with Crippen LogP contribution in [-0.2, 0) is 4.79 Å². The normalized spacial score (nSPS) is 12.8. The quantitative estimate of drug-likeness (QED) is 0.706.